The first kappa shape index (κ1) is 26.5. The van der Waals surface area contributed by atoms with Gasteiger partial charge in [0.05, 0.1) is 17.2 Å². The number of ether oxygens (including phenoxy) is 1. The van der Waals surface area contributed by atoms with Crippen molar-refractivity contribution in [2.24, 2.45) is 11.3 Å². The minimum Gasteiger partial charge on any atom is -0.488 e. The molecule has 5 rings (SSSR count). The second kappa shape index (κ2) is 9.87. The normalized spacial score (nSPS) is 21.3. The van der Waals surface area contributed by atoms with Crippen LogP contribution in [0.5, 0.6) is 5.75 Å². The van der Waals surface area contributed by atoms with E-state index in [9.17, 15) is 18.0 Å². The molecule has 7 nitrogen and oxygen atoms in total. The number of alkyl halides is 3. The topological polar surface area (TPSA) is 72.3 Å². The first-order chi connectivity index (χ1) is 17.9. The van der Waals surface area contributed by atoms with E-state index < -0.39 is 17.8 Å². The first-order valence-corrected chi connectivity index (χ1v) is 13.1. The highest BCUT2D eigenvalue weighted by Gasteiger charge is 2.38. The number of halogens is 3. The van der Waals surface area contributed by atoms with E-state index in [4.69, 9.17) is 9.84 Å². The average Bonchev–Trinajstić information content (AvgIpc) is 3.20. The molecule has 1 amide bonds. The van der Waals surface area contributed by atoms with E-state index >= 15 is 0 Å². The van der Waals surface area contributed by atoms with Crippen molar-refractivity contribution in [3.63, 3.8) is 0 Å². The number of rotatable bonds is 5. The first-order valence-electron chi connectivity index (χ1n) is 13.1. The van der Waals surface area contributed by atoms with Gasteiger partial charge in [0.2, 0.25) is 0 Å². The predicted molar refractivity (Wildman–Crippen MR) is 139 cm³/mol. The van der Waals surface area contributed by atoms with Crippen molar-refractivity contribution in [3.8, 4) is 5.75 Å². The summed E-state index contributed by atoms with van der Waals surface area (Å²) in [4.78, 5) is 18.8. The van der Waals surface area contributed by atoms with E-state index in [0.29, 0.717) is 23.4 Å². The molecule has 1 saturated carbocycles. The van der Waals surface area contributed by atoms with E-state index in [1.165, 1.54) is 12.1 Å². The van der Waals surface area contributed by atoms with Gasteiger partial charge in [0.1, 0.15) is 23.2 Å². The summed E-state index contributed by atoms with van der Waals surface area (Å²) in [7, 11) is 2.06. The molecule has 3 aromatic rings. The highest BCUT2D eigenvalue weighted by atomic mass is 19.4. The van der Waals surface area contributed by atoms with Crippen LogP contribution in [0.1, 0.15) is 68.7 Å². The van der Waals surface area contributed by atoms with Crippen LogP contribution in [0, 0.1) is 11.3 Å². The number of nitrogens with zero attached hydrogens (tertiary/aromatic N) is 4. The van der Waals surface area contributed by atoms with Crippen molar-refractivity contribution < 1.29 is 22.7 Å². The molecule has 204 valence electrons. The third-order valence-corrected chi connectivity index (χ3v) is 7.82. The number of hydrogen-bond donors (Lipinski definition) is 1. The van der Waals surface area contributed by atoms with E-state index in [2.05, 4.69) is 43.0 Å². The van der Waals surface area contributed by atoms with Crippen LogP contribution in [0.3, 0.4) is 0 Å². The molecule has 0 spiro atoms. The summed E-state index contributed by atoms with van der Waals surface area (Å²) in [6.07, 6.45) is 1.08. The van der Waals surface area contributed by atoms with Crippen LogP contribution < -0.4 is 10.1 Å². The zero-order valence-corrected chi connectivity index (χ0v) is 22.2. The summed E-state index contributed by atoms with van der Waals surface area (Å²) in [6, 6.07) is 7.21. The van der Waals surface area contributed by atoms with Gasteiger partial charge in [-0.15, -0.1) is 0 Å². The Hall–Kier alpha value is -3.14. The van der Waals surface area contributed by atoms with Crippen molar-refractivity contribution in [2.75, 3.05) is 25.5 Å². The summed E-state index contributed by atoms with van der Waals surface area (Å²) in [5.74, 6) is 0.361. The summed E-state index contributed by atoms with van der Waals surface area (Å²) < 4.78 is 47.8. The van der Waals surface area contributed by atoms with Crippen molar-refractivity contribution >= 4 is 22.5 Å². The Morgan fingerprint density at radius 1 is 1.11 bits per heavy atom. The number of aromatic nitrogens is 3. The maximum atomic E-state index is 13.1. The molecule has 1 aromatic carbocycles. The number of fused-ring (bicyclic) bond motifs is 1. The van der Waals surface area contributed by atoms with Gasteiger partial charge in [0, 0.05) is 30.7 Å². The molecule has 0 atom stereocenters. The number of carbonyl (C=O) groups excluding carboxylic acids is 1. The fourth-order valence-electron chi connectivity index (χ4n) is 5.15. The standard InChI is InChI=1S/C28H34F3N5O2/c1-27(2,3)18-13-19(14-18)36-16-17-12-23(33-26(37)21-6-5-7-25(32-21)28(29,30)31)24(15-22(17)34-36)38-20-8-10-35(4)11-9-20/h5-7,12,15-16,18-20H,8-11,13-14H2,1-4H3,(H,33,37). The van der Waals surface area contributed by atoms with Crippen molar-refractivity contribution in [3.05, 3.63) is 47.9 Å². The molecule has 1 N–H and O–H groups in total. The van der Waals surface area contributed by atoms with Crippen LogP contribution >= 0.6 is 0 Å². The zero-order valence-electron chi connectivity index (χ0n) is 22.2. The second-order valence-corrected chi connectivity index (χ2v) is 11.7. The van der Waals surface area contributed by atoms with Gasteiger partial charge in [-0.3, -0.25) is 9.48 Å². The highest BCUT2D eigenvalue weighted by molar-refractivity contribution is 6.05. The minimum atomic E-state index is -4.64. The zero-order chi connectivity index (χ0) is 27.2. The Kier molecular flexibility index (Phi) is 6.87. The van der Waals surface area contributed by atoms with Crippen LogP contribution in [0.15, 0.2) is 36.5 Å². The Bertz CT molecular complexity index is 1320. The maximum absolute atomic E-state index is 13.1. The number of hydrogen-bond acceptors (Lipinski definition) is 5. The van der Waals surface area contributed by atoms with Gasteiger partial charge in [-0.25, -0.2) is 4.98 Å². The number of likely N-dealkylation sites (tertiary alicyclic amines) is 1. The van der Waals surface area contributed by atoms with Crippen LogP contribution in [0.4, 0.5) is 18.9 Å². The molecule has 2 aromatic heterocycles. The lowest BCUT2D eigenvalue weighted by Crippen LogP contribution is -2.35. The molecule has 1 aliphatic heterocycles. The molecule has 0 radical (unpaired) electrons. The lowest BCUT2D eigenvalue weighted by molar-refractivity contribution is -0.141. The Labute approximate surface area is 220 Å². The molecular weight excluding hydrogens is 495 g/mol. The van der Waals surface area contributed by atoms with Crippen LogP contribution in [0.2, 0.25) is 0 Å². The smallest absolute Gasteiger partial charge is 0.433 e. The van der Waals surface area contributed by atoms with Gasteiger partial charge in [-0.05, 0) is 62.3 Å². The number of carbonyl (C=O) groups is 1. The largest absolute Gasteiger partial charge is 0.488 e. The van der Waals surface area contributed by atoms with Crippen molar-refractivity contribution in [1.29, 1.82) is 0 Å². The Morgan fingerprint density at radius 3 is 2.47 bits per heavy atom. The van der Waals surface area contributed by atoms with Crippen LogP contribution in [0.25, 0.3) is 10.9 Å². The molecular formula is C28H34F3N5O2. The van der Waals surface area contributed by atoms with Gasteiger partial charge >= 0.3 is 6.18 Å². The van der Waals surface area contributed by atoms with E-state index in [-0.39, 0.29) is 17.2 Å². The molecule has 2 fully saturated rings. The number of benzene rings is 1. The quantitative estimate of drug-likeness (QED) is 0.428. The number of anilines is 1. The fraction of sp³-hybridized carbons (Fsp3) is 0.536. The summed E-state index contributed by atoms with van der Waals surface area (Å²) in [6.45, 7) is 8.57. The number of piperidine rings is 1. The third-order valence-electron chi connectivity index (χ3n) is 7.82. The lowest BCUT2D eigenvalue weighted by atomic mass is 9.66. The Balaban J connectivity index is 1.43. The van der Waals surface area contributed by atoms with Gasteiger partial charge in [0.25, 0.3) is 5.91 Å². The molecule has 0 unspecified atom stereocenters. The molecule has 2 aliphatic rings. The highest BCUT2D eigenvalue weighted by Crippen LogP contribution is 2.47. The molecule has 38 heavy (non-hydrogen) atoms. The third kappa shape index (κ3) is 5.65. The number of pyridine rings is 1. The van der Waals surface area contributed by atoms with Gasteiger partial charge < -0.3 is 15.0 Å². The summed E-state index contributed by atoms with van der Waals surface area (Å²) in [5.41, 5.74) is -0.0291. The van der Waals surface area contributed by atoms with Gasteiger partial charge in [-0.2, -0.15) is 18.3 Å². The number of amides is 1. The summed E-state index contributed by atoms with van der Waals surface area (Å²) in [5, 5.41) is 8.39. The molecule has 1 saturated heterocycles. The fourth-order valence-corrected chi connectivity index (χ4v) is 5.15. The van der Waals surface area contributed by atoms with Crippen LogP contribution in [-0.2, 0) is 6.18 Å². The van der Waals surface area contributed by atoms with Crippen LogP contribution in [-0.4, -0.2) is 51.8 Å². The van der Waals surface area contributed by atoms with E-state index in [1.807, 2.05) is 16.9 Å². The average molecular weight is 530 g/mol. The minimum absolute atomic E-state index is 0.0350. The van der Waals surface area contributed by atoms with E-state index in [1.54, 1.807) is 6.07 Å². The van der Waals surface area contributed by atoms with Crippen molar-refractivity contribution in [2.45, 2.75) is 64.8 Å². The number of nitrogens with one attached hydrogen (secondary N) is 1. The van der Waals surface area contributed by atoms with Crippen molar-refractivity contribution in [1.82, 2.24) is 19.7 Å². The summed E-state index contributed by atoms with van der Waals surface area (Å²) >= 11 is 0. The SMILES string of the molecule is CN1CCC(Oc2cc3nn(C4CC(C(C)(C)C)C4)cc3cc2NC(=O)c2cccc(C(F)(F)F)n2)CC1. The molecule has 3 heterocycles. The molecule has 10 heteroatoms. The monoisotopic (exact) mass is 529 g/mol. The van der Waals surface area contributed by atoms with E-state index in [0.717, 1.165) is 55.7 Å². The molecule has 1 aliphatic carbocycles. The van der Waals surface area contributed by atoms with Gasteiger partial charge in [0.15, 0.2) is 0 Å². The van der Waals surface area contributed by atoms with Gasteiger partial charge in [-0.1, -0.05) is 26.8 Å². The molecule has 0 bridgehead atoms. The Morgan fingerprint density at radius 2 is 1.82 bits per heavy atom. The second-order valence-electron chi connectivity index (χ2n) is 11.7. The predicted octanol–water partition coefficient (Wildman–Crippen LogP) is 6.17. The lowest BCUT2D eigenvalue weighted by Gasteiger charge is -2.43. The maximum Gasteiger partial charge on any atom is 0.433 e.